The maximum Gasteiger partial charge on any atom is 0.0948 e. The van der Waals surface area contributed by atoms with Crippen LogP contribution in [0.25, 0.3) is 0 Å². The van der Waals surface area contributed by atoms with Gasteiger partial charge in [0.25, 0.3) is 0 Å². The number of imidazole rings is 1. The van der Waals surface area contributed by atoms with Gasteiger partial charge in [0.1, 0.15) is 0 Å². The molecule has 1 aliphatic heterocycles. The molecule has 0 radical (unpaired) electrons. The molecule has 0 saturated carbocycles. The van der Waals surface area contributed by atoms with Crippen LogP contribution in [0.2, 0.25) is 0 Å². The summed E-state index contributed by atoms with van der Waals surface area (Å²) in [5.41, 5.74) is 2.63. The zero-order chi connectivity index (χ0) is 11.7. The molecule has 90 valence electrons. The van der Waals surface area contributed by atoms with Gasteiger partial charge in [-0.3, -0.25) is 4.68 Å². The highest BCUT2D eigenvalue weighted by molar-refractivity contribution is 5.12. The van der Waals surface area contributed by atoms with Gasteiger partial charge in [0.15, 0.2) is 0 Å². The smallest absolute Gasteiger partial charge is 0.0948 e. The third kappa shape index (κ3) is 2.10. The summed E-state index contributed by atoms with van der Waals surface area (Å²) in [6.07, 6.45) is 8.94. The van der Waals surface area contributed by atoms with E-state index in [-0.39, 0.29) is 0 Å². The Bertz CT molecular complexity index is 494. The molecule has 5 nitrogen and oxygen atoms in total. The van der Waals surface area contributed by atoms with Crippen LogP contribution >= 0.6 is 0 Å². The van der Waals surface area contributed by atoms with Crippen LogP contribution in [-0.2, 0) is 20.0 Å². The van der Waals surface area contributed by atoms with Crippen LogP contribution in [0.5, 0.6) is 0 Å². The van der Waals surface area contributed by atoms with Crippen molar-refractivity contribution in [3.63, 3.8) is 0 Å². The summed E-state index contributed by atoms with van der Waals surface area (Å²) in [6, 6.07) is 0. The molecule has 1 fully saturated rings. The summed E-state index contributed by atoms with van der Waals surface area (Å²) in [7, 11) is 1.95. The van der Waals surface area contributed by atoms with Gasteiger partial charge >= 0.3 is 0 Å². The summed E-state index contributed by atoms with van der Waals surface area (Å²) in [6.45, 7) is 3.15. The van der Waals surface area contributed by atoms with Gasteiger partial charge < -0.3 is 9.88 Å². The van der Waals surface area contributed by atoms with E-state index in [0.29, 0.717) is 5.92 Å². The molecule has 1 saturated heterocycles. The largest absolute Gasteiger partial charge is 0.334 e. The first-order chi connectivity index (χ1) is 8.33. The lowest BCUT2D eigenvalue weighted by Crippen LogP contribution is -2.40. The second-order valence-corrected chi connectivity index (χ2v) is 4.64. The lowest BCUT2D eigenvalue weighted by molar-refractivity contribution is 0.423. The Morgan fingerprint density at radius 1 is 1.41 bits per heavy atom. The Hall–Kier alpha value is -1.62. The number of hydrogen-bond donors (Lipinski definition) is 1. The first-order valence-electron chi connectivity index (χ1n) is 6.01. The van der Waals surface area contributed by atoms with Crippen molar-refractivity contribution in [2.45, 2.75) is 18.9 Å². The molecule has 3 rings (SSSR count). The molecular weight excluding hydrogens is 214 g/mol. The number of aryl methyl sites for hydroxylation is 3. The fraction of sp³-hybridized carbons (Fsp3) is 0.500. The van der Waals surface area contributed by atoms with E-state index in [1.807, 2.05) is 30.5 Å². The molecular formula is C12H17N5. The molecule has 0 aliphatic carbocycles. The fourth-order valence-corrected chi connectivity index (χ4v) is 2.21. The van der Waals surface area contributed by atoms with Crippen LogP contribution in [-0.4, -0.2) is 32.4 Å². The van der Waals surface area contributed by atoms with Crippen LogP contribution in [0.15, 0.2) is 24.9 Å². The van der Waals surface area contributed by atoms with Crippen molar-refractivity contribution in [2.24, 2.45) is 7.05 Å². The number of rotatable bonds is 4. The quantitative estimate of drug-likeness (QED) is 0.835. The Morgan fingerprint density at radius 2 is 2.29 bits per heavy atom. The van der Waals surface area contributed by atoms with Crippen LogP contribution in [0.3, 0.4) is 0 Å². The fourth-order valence-electron chi connectivity index (χ4n) is 2.21. The first-order valence-corrected chi connectivity index (χ1v) is 6.01. The van der Waals surface area contributed by atoms with Crippen molar-refractivity contribution >= 4 is 0 Å². The zero-order valence-corrected chi connectivity index (χ0v) is 10.0. The summed E-state index contributed by atoms with van der Waals surface area (Å²) < 4.78 is 4.11. The Morgan fingerprint density at radius 3 is 2.94 bits per heavy atom. The van der Waals surface area contributed by atoms with Gasteiger partial charge in [0.05, 0.1) is 12.5 Å². The second-order valence-electron chi connectivity index (χ2n) is 4.64. The predicted molar refractivity (Wildman–Crippen MR) is 64.7 cm³/mol. The van der Waals surface area contributed by atoms with Crippen molar-refractivity contribution in [1.82, 2.24) is 24.6 Å². The van der Waals surface area contributed by atoms with Crippen LogP contribution in [0, 0.1) is 0 Å². The minimum Gasteiger partial charge on any atom is -0.334 e. The topological polar surface area (TPSA) is 47.7 Å². The Balaban J connectivity index is 1.66. The molecule has 0 atom stereocenters. The highest BCUT2D eigenvalue weighted by Gasteiger charge is 2.22. The molecule has 5 heteroatoms. The SMILES string of the molecule is Cn1cc(CCn2cncc2C2CNC2)cn1. The van der Waals surface area contributed by atoms with Gasteiger partial charge in [-0.2, -0.15) is 5.10 Å². The summed E-state index contributed by atoms with van der Waals surface area (Å²) in [4.78, 5) is 4.26. The summed E-state index contributed by atoms with van der Waals surface area (Å²) in [5.74, 6) is 0.645. The highest BCUT2D eigenvalue weighted by Crippen LogP contribution is 2.19. The monoisotopic (exact) mass is 231 g/mol. The molecule has 2 aromatic heterocycles. The van der Waals surface area contributed by atoms with E-state index < -0.39 is 0 Å². The third-order valence-electron chi connectivity index (χ3n) is 3.34. The van der Waals surface area contributed by atoms with Gasteiger partial charge in [-0.15, -0.1) is 0 Å². The van der Waals surface area contributed by atoms with E-state index >= 15 is 0 Å². The molecule has 0 aromatic carbocycles. The average molecular weight is 231 g/mol. The Labute approximate surface area is 100 Å². The first kappa shape index (κ1) is 10.5. The standard InChI is InChI=1S/C12H17N5/c1-16-8-10(4-15-16)2-3-17-9-14-7-12(17)11-5-13-6-11/h4,7-9,11,13H,2-3,5-6H2,1H3. The van der Waals surface area contributed by atoms with Gasteiger partial charge in [0.2, 0.25) is 0 Å². The van der Waals surface area contributed by atoms with Crippen LogP contribution in [0.1, 0.15) is 17.2 Å². The summed E-state index contributed by atoms with van der Waals surface area (Å²) >= 11 is 0. The van der Waals surface area contributed by atoms with Crippen molar-refractivity contribution in [3.05, 3.63) is 36.2 Å². The molecule has 2 aromatic rings. The molecule has 0 unspecified atom stereocenters. The molecule has 1 aliphatic rings. The van der Waals surface area contributed by atoms with E-state index in [1.54, 1.807) is 0 Å². The van der Waals surface area contributed by atoms with E-state index in [1.165, 1.54) is 11.3 Å². The van der Waals surface area contributed by atoms with Crippen molar-refractivity contribution in [1.29, 1.82) is 0 Å². The predicted octanol–water partition coefficient (Wildman–Crippen LogP) is 0.546. The maximum absolute atomic E-state index is 4.26. The minimum absolute atomic E-state index is 0.645. The lowest BCUT2D eigenvalue weighted by atomic mass is 10.00. The molecule has 1 N–H and O–H groups in total. The third-order valence-corrected chi connectivity index (χ3v) is 3.34. The highest BCUT2D eigenvalue weighted by atomic mass is 15.2. The maximum atomic E-state index is 4.26. The van der Waals surface area contributed by atoms with E-state index in [4.69, 9.17) is 0 Å². The van der Waals surface area contributed by atoms with Gasteiger partial charge in [-0.05, 0) is 12.0 Å². The van der Waals surface area contributed by atoms with Gasteiger partial charge in [0, 0.05) is 50.7 Å². The molecule has 0 bridgehead atoms. The van der Waals surface area contributed by atoms with E-state index in [9.17, 15) is 0 Å². The van der Waals surface area contributed by atoms with Gasteiger partial charge in [-0.1, -0.05) is 0 Å². The number of nitrogens with one attached hydrogen (secondary N) is 1. The molecule has 0 spiro atoms. The van der Waals surface area contributed by atoms with Crippen LogP contribution < -0.4 is 5.32 Å². The number of hydrogen-bond acceptors (Lipinski definition) is 3. The number of nitrogens with zero attached hydrogens (tertiary/aromatic N) is 4. The normalized spacial score (nSPS) is 16.1. The molecule has 3 heterocycles. The second kappa shape index (κ2) is 4.33. The average Bonchev–Trinajstić information content (AvgIpc) is 2.82. The van der Waals surface area contributed by atoms with Crippen molar-refractivity contribution < 1.29 is 0 Å². The van der Waals surface area contributed by atoms with Crippen molar-refractivity contribution in [3.8, 4) is 0 Å². The number of aromatic nitrogens is 4. The molecule has 0 amide bonds. The molecule has 17 heavy (non-hydrogen) atoms. The van der Waals surface area contributed by atoms with Crippen LogP contribution in [0.4, 0.5) is 0 Å². The van der Waals surface area contributed by atoms with Crippen molar-refractivity contribution in [2.75, 3.05) is 13.1 Å². The minimum atomic E-state index is 0.645. The van der Waals surface area contributed by atoms with E-state index in [2.05, 4.69) is 26.2 Å². The Kier molecular flexibility index (Phi) is 2.68. The lowest BCUT2D eigenvalue weighted by Gasteiger charge is -2.27. The summed E-state index contributed by atoms with van der Waals surface area (Å²) in [5, 5.41) is 7.48. The zero-order valence-electron chi connectivity index (χ0n) is 10.0. The van der Waals surface area contributed by atoms with Gasteiger partial charge in [-0.25, -0.2) is 4.98 Å². The van der Waals surface area contributed by atoms with E-state index in [0.717, 1.165) is 26.1 Å².